The smallest absolute Gasteiger partial charge is 0.203 e. The Morgan fingerprint density at radius 3 is 2.53 bits per heavy atom. The number of hydrogen-bond acceptors (Lipinski definition) is 1. The van der Waals surface area contributed by atoms with Crippen LogP contribution in [0.4, 0.5) is 0 Å². The van der Waals surface area contributed by atoms with Crippen molar-refractivity contribution in [3.8, 4) is 0 Å². The van der Waals surface area contributed by atoms with Crippen molar-refractivity contribution in [2.75, 3.05) is 0 Å². The van der Waals surface area contributed by atoms with Gasteiger partial charge in [0, 0.05) is 11.6 Å². The Hall–Kier alpha value is -1.96. The molecule has 0 fully saturated rings. The zero-order chi connectivity index (χ0) is 10.1. The first-order valence-electron chi connectivity index (χ1n) is 5.04. The second-order valence-corrected chi connectivity index (χ2v) is 3.60. The van der Waals surface area contributed by atoms with E-state index in [1.54, 1.807) is 0 Å². The van der Waals surface area contributed by atoms with Crippen molar-refractivity contribution >= 4 is 0 Å². The first-order chi connectivity index (χ1) is 7.43. The number of rotatable bonds is 1. The molecule has 0 spiro atoms. The van der Waals surface area contributed by atoms with E-state index >= 15 is 0 Å². The summed E-state index contributed by atoms with van der Waals surface area (Å²) < 4.78 is 2.07. The van der Waals surface area contributed by atoms with E-state index < -0.39 is 0 Å². The lowest BCUT2D eigenvalue weighted by Crippen LogP contribution is -2.32. The van der Waals surface area contributed by atoms with E-state index in [1.165, 1.54) is 5.56 Å². The normalized spacial score (nSPS) is 17.7. The molecule has 0 aliphatic carbocycles. The molecule has 0 amide bonds. The third kappa shape index (κ3) is 1.44. The van der Waals surface area contributed by atoms with Crippen LogP contribution in [0.15, 0.2) is 59.7 Å². The molecule has 1 aliphatic rings. The van der Waals surface area contributed by atoms with Crippen LogP contribution in [0.5, 0.6) is 0 Å². The van der Waals surface area contributed by atoms with Crippen molar-refractivity contribution in [1.82, 2.24) is 0 Å². The van der Waals surface area contributed by atoms with Crippen molar-refractivity contribution in [2.45, 2.75) is 6.04 Å². The Kier molecular flexibility index (Phi) is 1.85. The van der Waals surface area contributed by atoms with Crippen LogP contribution in [0.25, 0.3) is 0 Å². The summed E-state index contributed by atoms with van der Waals surface area (Å²) in [7, 11) is 0. The maximum atomic E-state index is 4.63. The fourth-order valence-corrected chi connectivity index (χ4v) is 1.82. The molecule has 1 unspecified atom stereocenters. The van der Waals surface area contributed by atoms with Gasteiger partial charge in [-0.1, -0.05) is 41.4 Å². The quantitative estimate of drug-likeness (QED) is 0.612. The highest BCUT2D eigenvalue weighted by atomic mass is 15.0. The topological polar surface area (TPSA) is 18.3 Å². The third-order valence-corrected chi connectivity index (χ3v) is 2.58. The van der Waals surface area contributed by atoms with Gasteiger partial charge in [0.2, 0.25) is 6.04 Å². The minimum atomic E-state index is 0.161. The van der Waals surface area contributed by atoms with Gasteiger partial charge in [-0.2, -0.15) is 0 Å². The first kappa shape index (κ1) is 8.36. The highest BCUT2D eigenvalue weighted by Gasteiger charge is 2.19. The summed E-state index contributed by atoms with van der Waals surface area (Å²) in [6.45, 7) is 0. The van der Waals surface area contributed by atoms with E-state index in [4.69, 9.17) is 0 Å². The molecule has 1 aromatic heterocycles. The average Bonchev–Trinajstić information content (AvgIpc) is 2.74. The molecule has 1 atom stereocenters. The maximum absolute atomic E-state index is 4.63. The molecule has 0 saturated heterocycles. The molecule has 0 saturated carbocycles. The molecule has 2 heteroatoms. The molecule has 1 aliphatic heterocycles. The molecule has 0 radical (unpaired) electrons. The van der Waals surface area contributed by atoms with Crippen molar-refractivity contribution in [1.29, 1.82) is 0 Å². The van der Waals surface area contributed by atoms with Crippen molar-refractivity contribution < 1.29 is 4.24 Å². The van der Waals surface area contributed by atoms with E-state index in [9.17, 15) is 0 Å². The van der Waals surface area contributed by atoms with E-state index in [0.29, 0.717) is 0 Å². The molecule has 72 valence electrons. The maximum Gasteiger partial charge on any atom is 0.322 e. The van der Waals surface area contributed by atoms with Crippen LogP contribution in [-0.4, -0.2) is 0 Å². The lowest BCUT2D eigenvalue weighted by Gasteiger charge is -1.95. The number of aromatic nitrogens is 1. The van der Waals surface area contributed by atoms with Crippen molar-refractivity contribution in [3.63, 3.8) is 0 Å². The molecule has 2 aromatic rings. The van der Waals surface area contributed by atoms with Crippen LogP contribution in [0.1, 0.15) is 11.6 Å². The third-order valence-electron chi connectivity index (χ3n) is 2.58. The van der Waals surface area contributed by atoms with Crippen LogP contribution in [0, 0.1) is 6.21 Å². The van der Waals surface area contributed by atoms with Crippen LogP contribution in [0.2, 0.25) is 0 Å². The molecular weight excluding hydrogens is 184 g/mol. The largest absolute Gasteiger partial charge is 0.322 e. The molecule has 2 heterocycles. The Labute approximate surface area is 87.9 Å². The van der Waals surface area contributed by atoms with Gasteiger partial charge in [-0.3, -0.25) is 0 Å². The molecular formula is C13H11N2+. The van der Waals surface area contributed by atoms with Gasteiger partial charge in [0.25, 0.3) is 0 Å². The molecule has 3 rings (SSSR count). The lowest BCUT2D eigenvalue weighted by molar-refractivity contribution is -0.523. The number of hydrogen-bond donors (Lipinski definition) is 0. The summed E-state index contributed by atoms with van der Waals surface area (Å²) in [5.41, 5.74) is 2.26. The predicted octanol–water partition coefficient (Wildman–Crippen LogP) is 1.36. The van der Waals surface area contributed by atoms with E-state index in [-0.39, 0.29) is 6.04 Å². The SMILES string of the molecule is C1=[n+]2ccccc2=NC1c1ccccc1. The average molecular weight is 195 g/mol. The summed E-state index contributed by atoms with van der Waals surface area (Å²) in [6, 6.07) is 16.6. The number of benzene rings is 1. The lowest BCUT2D eigenvalue weighted by atomic mass is 10.1. The molecule has 15 heavy (non-hydrogen) atoms. The van der Waals surface area contributed by atoms with Gasteiger partial charge in [-0.05, 0) is 6.07 Å². The minimum absolute atomic E-state index is 0.161. The fourth-order valence-electron chi connectivity index (χ4n) is 1.82. The molecule has 2 nitrogen and oxygen atoms in total. The van der Waals surface area contributed by atoms with Crippen LogP contribution in [-0.2, 0) is 0 Å². The van der Waals surface area contributed by atoms with E-state index in [1.807, 2.05) is 42.6 Å². The molecule has 0 N–H and O–H groups in total. The molecule has 0 bridgehead atoms. The second kappa shape index (κ2) is 3.31. The number of pyridine rings is 1. The van der Waals surface area contributed by atoms with Gasteiger partial charge in [-0.25, -0.2) is 4.24 Å². The van der Waals surface area contributed by atoms with Gasteiger partial charge in [0.05, 0.1) is 6.20 Å². The zero-order valence-electron chi connectivity index (χ0n) is 8.25. The summed E-state index contributed by atoms with van der Waals surface area (Å²) in [6.07, 6.45) is 4.16. The summed E-state index contributed by atoms with van der Waals surface area (Å²) in [5, 5.41) is 0. The van der Waals surface area contributed by atoms with Crippen LogP contribution in [0.3, 0.4) is 0 Å². The van der Waals surface area contributed by atoms with E-state index in [2.05, 4.69) is 27.6 Å². The predicted molar refractivity (Wildman–Crippen MR) is 56.7 cm³/mol. The Morgan fingerprint density at radius 1 is 0.933 bits per heavy atom. The highest BCUT2D eigenvalue weighted by molar-refractivity contribution is 5.20. The second-order valence-electron chi connectivity index (χ2n) is 3.60. The Morgan fingerprint density at radius 2 is 1.73 bits per heavy atom. The number of nitrogens with zero attached hydrogens (tertiary/aromatic N) is 2. The van der Waals surface area contributed by atoms with Gasteiger partial charge in [0.1, 0.15) is 6.21 Å². The van der Waals surface area contributed by atoms with Crippen molar-refractivity contribution in [2.24, 2.45) is 4.99 Å². The van der Waals surface area contributed by atoms with Crippen LogP contribution < -0.4 is 9.73 Å². The van der Waals surface area contributed by atoms with Gasteiger partial charge in [-0.15, -0.1) is 0 Å². The summed E-state index contributed by atoms with van der Waals surface area (Å²) in [4.78, 5) is 4.63. The van der Waals surface area contributed by atoms with Gasteiger partial charge >= 0.3 is 5.49 Å². The van der Waals surface area contributed by atoms with Gasteiger partial charge < -0.3 is 0 Å². The fraction of sp³-hybridized carbons (Fsp3) is 0.0769. The van der Waals surface area contributed by atoms with Crippen LogP contribution >= 0.6 is 0 Å². The Bertz CT molecular complexity index is 552. The summed E-state index contributed by atoms with van der Waals surface area (Å²) >= 11 is 0. The zero-order valence-corrected chi connectivity index (χ0v) is 8.25. The van der Waals surface area contributed by atoms with E-state index in [0.717, 1.165) is 5.49 Å². The number of fused-ring (bicyclic) bond motifs is 1. The van der Waals surface area contributed by atoms with Gasteiger partial charge in [0.15, 0.2) is 0 Å². The molecule has 1 aromatic carbocycles. The Balaban J connectivity index is 2.12. The standard InChI is InChI=1S/C13H11N2/c1-2-6-11(7-3-1)12-10-15-9-5-4-8-13(15)14-12/h1-10,12H/q+1. The minimum Gasteiger partial charge on any atom is -0.203 e. The van der Waals surface area contributed by atoms with Crippen molar-refractivity contribution in [3.05, 3.63) is 72.0 Å². The summed E-state index contributed by atoms with van der Waals surface area (Å²) in [5.74, 6) is 0. The highest BCUT2D eigenvalue weighted by Crippen LogP contribution is 2.16. The first-order valence-corrected chi connectivity index (χ1v) is 5.04. The monoisotopic (exact) mass is 195 g/mol.